The number of nitrogens with zero attached hydrogens (tertiary/aromatic N) is 2. The van der Waals surface area contributed by atoms with E-state index in [-0.39, 0.29) is 20.5 Å². The van der Waals surface area contributed by atoms with Crippen LogP contribution in [0.4, 0.5) is 4.39 Å². The van der Waals surface area contributed by atoms with Crippen molar-refractivity contribution in [2.75, 3.05) is 12.3 Å². The SMILES string of the molecule is CSc1c(S(Cl)(Cl)CF)c(C#N)cn1-c1c(Cl)cc(Cl)cc1Cl. The predicted octanol–water partition coefficient (Wildman–Crippen LogP) is 7.43. The molecule has 0 atom stereocenters. The number of aromatic nitrogens is 1. The molecule has 0 N–H and O–H groups in total. The Hall–Kier alpha value is 0.0700. The number of alkyl halides is 1. The van der Waals surface area contributed by atoms with E-state index in [1.165, 1.54) is 30.1 Å². The van der Waals surface area contributed by atoms with Crippen molar-refractivity contribution < 1.29 is 4.39 Å². The van der Waals surface area contributed by atoms with Crippen molar-refractivity contribution in [1.82, 2.24) is 4.57 Å². The van der Waals surface area contributed by atoms with Gasteiger partial charge in [0.2, 0.25) is 0 Å². The lowest BCUT2D eigenvalue weighted by Crippen LogP contribution is -1.98. The van der Waals surface area contributed by atoms with E-state index in [1.54, 1.807) is 10.8 Å². The lowest BCUT2D eigenvalue weighted by atomic mass is 10.3. The van der Waals surface area contributed by atoms with Crippen molar-refractivity contribution in [3.63, 3.8) is 0 Å². The summed E-state index contributed by atoms with van der Waals surface area (Å²) in [6.45, 7) is 0. The summed E-state index contributed by atoms with van der Waals surface area (Å²) in [5, 5.41) is 10.8. The van der Waals surface area contributed by atoms with Gasteiger partial charge in [-0.1, -0.05) is 34.8 Å². The van der Waals surface area contributed by atoms with E-state index in [9.17, 15) is 9.65 Å². The third kappa shape index (κ3) is 3.69. The minimum absolute atomic E-state index is 0.175. The molecule has 1 aromatic heterocycles. The van der Waals surface area contributed by atoms with Gasteiger partial charge in [-0.3, -0.25) is 0 Å². The van der Waals surface area contributed by atoms with Gasteiger partial charge in [0.25, 0.3) is 0 Å². The van der Waals surface area contributed by atoms with E-state index in [0.29, 0.717) is 15.7 Å². The molecule has 124 valence electrons. The zero-order valence-electron chi connectivity index (χ0n) is 11.4. The van der Waals surface area contributed by atoms with Crippen LogP contribution < -0.4 is 0 Å². The molecule has 0 spiro atoms. The molecule has 0 fully saturated rings. The van der Waals surface area contributed by atoms with E-state index in [0.717, 1.165) is 0 Å². The maximum absolute atomic E-state index is 13.3. The number of nitriles is 1. The molecular weight excluding hydrogens is 445 g/mol. The van der Waals surface area contributed by atoms with Gasteiger partial charge in [-0.05, 0) is 48.2 Å². The molecule has 0 unspecified atom stereocenters. The number of hydrogen-bond donors (Lipinski definition) is 0. The number of thioether (sulfide) groups is 1. The Morgan fingerprint density at radius 3 is 2.26 bits per heavy atom. The monoisotopic (exact) mass is 450 g/mol. The zero-order chi connectivity index (χ0) is 17.4. The van der Waals surface area contributed by atoms with Gasteiger partial charge in [0.15, 0.2) is 0 Å². The molecule has 0 amide bonds. The Bertz CT molecular complexity index is 777. The Morgan fingerprint density at radius 1 is 1.26 bits per heavy atom. The molecule has 0 aliphatic carbocycles. The smallest absolute Gasteiger partial charge is 0.148 e. The second-order valence-electron chi connectivity index (χ2n) is 4.27. The molecule has 1 aromatic carbocycles. The fourth-order valence-electron chi connectivity index (χ4n) is 2.02. The molecule has 23 heavy (non-hydrogen) atoms. The Balaban J connectivity index is 2.84. The van der Waals surface area contributed by atoms with E-state index in [2.05, 4.69) is 0 Å². The van der Waals surface area contributed by atoms with Gasteiger partial charge in [0, 0.05) is 11.2 Å². The first-order chi connectivity index (χ1) is 10.8. The van der Waals surface area contributed by atoms with Crippen molar-refractivity contribution in [1.29, 1.82) is 5.26 Å². The molecule has 2 aromatic rings. The second kappa shape index (κ2) is 7.53. The fourth-order valence-corrected chi connectivity index (χ4v) is 6.42. The van der Waals surface area contributed by atoms with E-state index >= 15 is 0 Å². The first-order valence-electron chi connectivity index (χ1n) is 5.87. The molecule has 10 heteroatoms. The summed E-state index contributed by atoms with van der Waals surface area (Å²) < 4.78 is 14.9. The van der Waals surface area contributed by atoms with Crippen LogP contribution in [0, 0.1) is 11.3 Å². The van der Waals surface area contributed by atoms with Crippen LogP contribution in [0.1, 0.15) is 5.56 Å². The highest BCUT2D eigenvalue weighted by molar-refractivity contribution is 8.65. The van der Waals surface area contributed by atoms with Gasteiger partial charge >= 0.3 is 0 Å². The minimum Gasteiger partial charge on any atom is -0.306 e. The molecular formula is C13H8Cl5FN2S2. The molecule has 1 heterocycles. The van der Waals surface area contributed by atoms with Crippen LogP contribution in [0.3, 0.4) is 0 Å². The van der Waals surface area contributed by atoms with Crippen molar-refractivity contribution in [3.8, 4) is 11.8 Å². The van der Waals surface area contributed by atoms with Crippen molar-refractivity contribution in [2.45, 2.75) is 9.92 Å². The van der Waals surface area contributed by atoms with Crippen molar-refractivity contribution in [3.05, 3.63) is 39.0 Å². The van der Waals surface area contributed by atoms with Crippen LogP contribution in [-0.2, 0) is 0 Å². The average molecular weight is 453 g/mol. The molecule has 0 aliphatic rings. The highest BCUT2D eigenvalue weighted by Gasteiger charge is 2.32. The number of rotatable bonds is 4. The summed E-state index contributed by atoms with van der Waals surface area (Å²) in [4.78, 5) is 0.264. The molecule has 2 rings (SSSR count). The van der Waals surface area contributed by atoms with Gasteiger partial charge in [-0.2, -0.15) is 5.26 Å². The van der Waals surface area contributed by atoms with E-state index in [4.69, 9.17) is 56.2 Å². The lowest BCUT2D eigenvalue weighted by Gasteiger charge is -2.22. The zero-order valence-corrected chi connectivity index (χ0v) is 16.8. The third-order valence-corrected chi connectivity index (χ3v) is 7.30. The fraction of sp³-hybridized carbons (Fsp3) is 0.154. The molecule has 0 saturated heterocycles. The summed E-state index contributed by atoms with van der Waals surface area (Å²) in [6, 6.07) is 4.07. The van der Waals surface area contributed by atoms with E-state index in [1.807, 2.05) is 6.07 Å². The van der Waals surface area contributed by atoms with Crippen molar-refractivity contribution >= 4 is 76.4 Å². The van der Waals surface area contributed by atoms with Crippen LogP contribution in [-0.4, -0.2) is 16.8 Å². The summed E-state index contributed by atoms with van der Waals surface area (Å²) in [6.07, 6.45) is 3.25. The van der Waals surface area contributed by atoms with Gasteiger partial charge in [0.1, 0.15) is 12.1 Å². The minimum atomic E-state index is -2.80. The van der Waals surface area contributed by atoms with Crippen LogP contribution >= 0.6 is 76.4 Å². The first kappa shape index (κ1) is 19.4. The summed E-state index contributed by atoms with van der Waals surface area (Å²) in [5.74, 6) is 0. The number of halogens is 6. The summed E-state index contributed by atoms with van der Waals surface area (Å²) in [7, 11) is 9.45. The third-order valence-electron chi connectivity index (χ3n) is 2.89. The molecule has 0 saturated carbocycles. The number of hydrogen-bond acceptors (Lipinski definition) is 2. The standard InChI is InChI=1S/C13H8Cl5FN2S2/c1-22-13-12(23(17,18)6-19)7(4-20)5-21(13)11-9(15)2-8(14)3-10(11)16/h2-3,5H,6H2,1H3. The maximum Gasteiger partial charge on any atom is 0.148 e. The first-order valence-corrected chi connectivity index (χ1v) is 11.7. The topological polar surface area (TPSA) is 28.7 Å². The molecule has 0 bridgehead atoms. The Kier molecular flexibility index (Phi) is 6.35. The normalized spacial score (nSPS) is 12.3. The van der Waals surface area contributed by atoms with Crippen molar-refractivity contribution in [2.24, 2.45) is 0 Å². The van der Waals surface area contributed by atoms with E-state index < -0.39 is 14.5 Å². The predicted molar refractivity (Wildman–Crippen MR) is 101 cm³/mol. The molecule has 0 aliphatic heterocycles. The largest absolute Gasteiger partial charge is 0.306 e. The molecule has 2 nitrogen and oxygen atoms in total. The van der Waals surface area contributed by atoms with Gasteiger partial charge in [-0.25, -0.2) is 4.39 Å². The summed E-state index contributed by atoms with van der Waals surface area (Å²) in [5.41, 5.74) is 0.598. The Morgan fingerprint density at radius 2 is 1.83 bits per heavy atom. The quantitative estimate of drug-likeness (QED) is 0.451. The highest BCUT2D eigenvalue weighted by Crippen LogP contribution is 2.68. The number of benzene rings is 1. The molecule has 0 radical (unpaired) electrons. The van der Waals surface area contributed by atoms with Crippen LogP contribution in [0.5, 0.6) is 0 Å². The van der Waals surface area contributed by atoms with Crippen LogP contribution in [0.25, 0.3) is 5.69 Å². The average Bonchev–Trinajstić information content (AvgIpc) is 2.85. The van der Waals surface area contributed by atoms with Gasteiger partial charge < -0.3 is 4.57 Å². The summed E-state index contributed by atoms with van der Waals surface area (Å²) >= 11 is 19.7. The van der Waals surface area contributed by atoms with Gasteiger partial charge in [0.05, 0.1) is 31.2 Å². The Labute approximate surface area is 162 Å². The highest BCUT2D eigenvalue weighted by atomic mass is 36.0. The second-order valence-corrected chi connectivity index (χ2v) is 11.7. The van der Waals surface area contributed by atoms with Crippen LogP contribution in [0.2, 0.25) is 15.1 Å². The van der Waals surface area contributed by atoms with Gasteiger partial charge in [-0.15, -0.1) is 11.8 Å². The maximum atomic E-state index is 13.3. The van der Waals surface area contributed by atoms with Crippen LogP contribution in [0.15, 0.2) is 28.3 Å². The lowest BCUT2D eigenvalue weighted by molar-refractivity contribution is 0.603.